The zero-order valence-electron chi connectivity index (χ0n) is 30.6. The van der Waals surface area contributed by atoms with Gasteiger partial charge in [0.1, 0.15) is 11.7 Å². The average molecular weight is 675 g/mol. The fourth-order valence-electron chi connectivity index (χ4n) is 6.48. The van der Waals surface area contributed by atoms with E-state index in [0.29, 0.717) is 39.6 Å². The second-order valence-corrected chi connectivity index (χ2v) is 13.3. The highest BCUT2D eigenvalue weighted by molar-refractivity contribution is 5.47. The van der Waals surface area contributed by atoms with Gasteiger partial charge in [-0.15, -0.1) is 0 Å². The lowest BCUT2D eigenvalue weighted by atomic mass is 9.80. The van der Waals surface area contributed by atoms with E-state index in [1.165, 1.54) is 96.3 Å². The first-order valence-electron chi connectivity index (χ1n) is 19.5. The van der Waals surface area contributed by atoms with Crippen molar-refractivity contribution in [2.75, 3.05) is 46.2 Å². The van der Waals surface area contributed by atoms with Crippen LogP contribution >= 0.6 is 0 Å². The minimum absolute atomic E-state index is 0.248. The second kappa shape index (κ2) is 27.2. The van der Waals surface area contributed by atoms with Crippen molar-refractivity contribution in [2.45, 2.75) is 121 Å². The van der Waals surface area contributed by atoms with Crippen molar-refractivity contribution in [1.82, 2.24) is 0 Å². The minimum atomic E-state index is -0.750. The second-order valence-electron chi connectivity index (χ2n) is 13.3. The summed E-state index contributed by atoms with van der Waals surface area (Å²) in [6.45, 7) is 5.24. The Labute approximate surface area is 298 Å². The smallest absolute Gasteiger partial charge is 0.143 e. The molecule has 0 bridgehead atoms. The van der Waals surface area contributed by atoms with Crippen molar-refractivity contribution in [3.8, 4) is 0 Å². The Morgan fingerprint density at radius 3 is 1.20 bits per heavy atom. The van der Waals surface area contributed by atoms with Crippen LogP contribution in [0.25, 0.3) is 0 Å². The van der Waals surface area contributed by atoms with Crippen molar-refractivity contribution in [1.29, 1.82) is 0 Å². The Hall–Kier alpha value is -2.54. The van der Waals surface area contributed by atoms with Gasteiger partial charge in [0.15, 0.2) is 0 Å². The first-order valence-corrected chi connectivity index (χ1v) is 19.5. The summed E-state index contributed by atoms with van der Waals surface area (Å²) in [7, 11) is 0. The number of hydrogen-bond donors (Lipinski definition) is 1. The molecule has 0 aliphatic heterocycles. The highest BCUT2D eigenvalue weighted by Crippen LogP contribution is 2.40. The average Bonchev–Trinajstić information content (AvgIpc) is 3.15. The number of ether oxygens (including phenoxy) is 4. The normalized spacial score (nSPS) is 12.4. The Kier molecular flexibility index (Phi) is 22.7. The number of rotatable bonds is 31. The van der Waals surface area contributed by atoms with E-state index in [1.54, 1.807) is 0 Å². The van der Waals surface area contributed by atoms with Gasteiger partial charge in [0, 0.05) is 6.61 Å². The molecule has 1 N–H and O–H groups in total. The minimum Gasteiger partial charge on any atom is -0.388 e. The molecule has 0 saturated heterocycles. The van der Waals surface area contributed by atoms with Crippen LogP contribution in [0.5, 0.6) is 0 Å². The van der Waals surface area contributed by atoms with Crippen molar-refractivity contribution < 1.29 is 24.1 Å². The molecule has 0 heterocycles. The Morgan fingerprint density at radius 2 is 0.776 bits per heavy atom. The molecule has 272 valence electrons. The molecule has 3 aromatic carbocycles. The highest BCUT2D eigenvalue weighted by atomic mass is 16.6. The third-order valence-corrected chi connectivity index (χ3v) is 9.22. The molecular weight excluding hydrogens is 608 g/mol. The largest absolute Gasteiger partial charge is 0.388 e. The summed E-state index contributed by atoms with van der Waals surface area (Å²) in [6, 6.07) is 31.1. The summed E-state index contributed by atoms with van der Waals surface area (Å²) in [6.07, 6.45) is 21.2. The molecule has 0 fully saturated rings. The molecule has 3 aromatic rings. The lowest BCUT2D eigenvalue weighted by molar-refractivity contribution is -0.0492. The summed E-state index contributed by atoms with van der Waals surface area (Å²) in [5.74, 6) is 0. The van der Waals surface area contributed by atoms with E-state index in [1.807, 2.05) is 54.6 Å². The van der Waals surface area contributed by atoms with Gasteiger partial charge >= 0.3 is 0 Å². The Bertz CT molecular complexity index is 1040. The Balaban J connectivity index is 1.17. The summed E-state index contributed by atoms with van der Waals surface area (Å²) < 4.78 is 23.9. The van der Waals surface area contributed by atoms with Crippen molar-refractivity contribution in [3.05, 3.63) is 108 Å². The fourth-order valence-corrected chi connectivity index (χ4v) is 6.48. The van der Waals surface area contributed by atoms with Gasteiger partial charge in [-0.05, 0) is 23.1 Å². The van der Waals surface area contributed by atoms with Crippen molar-refractivity contribution in [3.63, 3.8) is 0 Å². The standard InChI is InChI=1S/C44H66O5/c1-2-3-4-5-6-7-8-9-10-11-12-13-14-15-16-26-33-47-38-43(45)39-48-35-34-46-36-37-49-44(40-27-20-17-21-28-40,41-29-22-18-23-30-41)42-31-24-19-25-32-42/h17-25,27-32,43,45H,2-16,26,33-39H2,1H3. The van der Waals surface area contributed by atoms with E-state index in [0.717, 1.165) is 23.1 Å². The number of benzene rings is 3. The Morgan fingerprint density at radius 1 is 0.429 bits per heavy atom. The monoisotopic (exact) mass is 674 g/mol. The van der Waals surface area contributed by atoms with Gasteiger partial charge in [0.25, 0.3) is 0 Å². The molecule has 0 saturated carbocycles. The van der Waals surface area contributed by atoms with E-state index in [-0.39, 0.29) is 6.61 Å². The molecule has 0 aromatic heterocycles. The summed E-state index contributed by atoms with van der Waals surface area (Å²) in [5, 5.41) is 10.2. The zero-order valence-corrected chi connectivity index (χ0v) is 30.6. The molecule has 0 radical (unpaired) electrons. The molecule has 49 heavy (non-hydrogen) atoms. The molecule has 3 rings (SSSR count). The van der Waals surface area contributed by atoms with Crippen LogP contribution in [-0.2, 0) is 24.5 Å². The lowest BCUT2D eigenvalue weighted by Crippen LogP contribution is -2.34. The van der Waals surface area contributed by atoms with Crippen LogP contribution in [0.1, 0.15) is 126 Å². The fraction of sp³-hybridized carbons (Fsp3) is 0.591. The predicted molar refractivity (Wildman–Crippen MR) is 203 cm³/mol. The molecule has 5 nitrogen and oxygen atoms in total. The van der Waals surface area contributed by atoms with Crippen molar-refractivity contribution in [2.24, 2.45) is 0 Å². The van der Waals surface area contributed by atoms with Crippen LogP contribution in [0.4, 0.5) is 0 Å². The quantitative estimate of drug-likeness (QED) is 0.0544. The molecule has 1 atom stereocenters. The molecule has 0 aliphatic rings. The summed E-state index contributed by atoms with van der Waals surface area (Å²) in [4.78, 5) is 0. The predicted octanol–water partition coefficient (Wildman–Crippen LogP) is 10.7. The highest BCUT2D eigenvalue weighted by Gasteiger charge is 2.37. The number of unbranched alkanes of at least 4 members (excludes halogenated alkanes) is 15. The maximum atomic E-state index is 10.2. The number of hydrogen-bond acceptors (Lipinski definition) is 5. The number of aliphatic hydroxyl groups excluding tert-OH is 1. The molecule has 1 unspecified atom stereocenters. The molecule has 0 aliphatic carbocycles. The van der Waals surface area contributed by atoms with Crippen LogP contribution in [0, 0.1) is 0 Å². The van der Waals surface area contributed by atoms with E-state index in [4.69, 9.17) is 18.9 Å². The third kappa shape index (κ3) is 16.8. The van der Waals surface area contributed by atoms with E-state index in [9.17, 15) is 5.11 Å². The summed E-state index contributed by atoms with van der Waals surface area (Å²) in [5.41, 5.74) is 2.46. The van der Waals surface area contributed by atoms with Crippen LogP contribution in [0.2, 0.25) is 0 Å². The maximum absolute atomic E-state index is 10.2. The van der Waals surface area contributed by atoms with Crippen LogP contribution < -0.4 is 0 Å². The van der Waals surface area contributed by atoms with Crippen LogP contribution in [-0.4, -0.2) is 57.5 Å². The van der Waals surface area contributed by atoms with E-state index < -0.39 is 11.7 Å². The van der Waals surface area contributed by atoms with Gasteiger partial charge in [0.2, 0.25) is 0 Å². The lowest BCUT2D eigenvalue weighted by Gasteiger charge is -2.36. The van der Waals surface area contributed by atoms with Crippen molar-refractivity contribution >= 4 is 0 Å². The molecule has 0 amide bonds. The van der Waals surface area contributed by atoms with Gasteiger partial charge in [0.05, 0.1) is 39.6 Å². The van der Waals surface area contributed by atoms with E-state index in [2.05, 4.69) is 43.3 Å². The zero-order chi connectivity index (χ0) is 34.5. The topological polar surface area (TPSA) is 57.2 Å². The third-order valence-electron chi connectivity index (χ3n) is 9.22. The summed E-state index contributed by atoms with van der Waals surface area (Å²) >= 11 is 0. The van der Waals surface area contributed by atoms with Gasteiger partial charge in [-0.1, -0.05) is 194 Å². The van der Waals surface area contributed by atoms with Gasteiger partial charge in [-0.3, -0.25) is 0 Å². The van der Waals surface area contributed by atoms with Gasteiger partial charge < -0.3 is 24.1 Å². The molecular formula is C44H66O5. The van der Waals surface area contributed by atoms with E-state index >= 15 is 0 Å². The first-order chi connectivity index (χ1) is 24.3. The number of aliphatic hydroxyl groups is 1. The maximum Gasteiger partial charge on any atom is 0.143 e. The van der Waals surface area contributed by atoms with Crippen LogP contribution in [0.3, 0.4) is 0 Å². The molecule has 5 heteroatoms. The van der Waals surface area contributed by atoms with Gasteiger partial charge in [-0.25, -0.2) is 0 Å². The first kappa shape index (κ1) is 40.9. The van der Waals surface area contributed by atoms with Crippen LogP contribution in [0.15, 0.2) is 91.0 Å². The SMILES string of the molecule is CCCCCCCCCCCCCCCCCCOCC(O)COCCOCCOC(c1ccccc1)(c1ccccc1)c1ccccc1. The van der Waals surface area contributed by atoms with Gasteiger partial charge in [-0.2, -0.15) is 0 Å². The molecule has 0 spiro atoms.